The van der Waals surface area contributed by atoms with E-state index in [1.807, 2.05) is 24.3 Å². The molecule has 0 saturated heterocycles. The topological polar surface area (TPSA) is 87.3 Å². The van der Waals surface area contributed by atoms with Gasteiger partial charge in [0.1, 0.15) is 6.04 Å². The van der Waals surface area contributed by atoms with Gasteiger partial charge in [0.15, 0.2) is 0 Å². The second-order valence-electron chi connectivity index (χ2n) is 7.98. The van der Waals surface area contributed by atoms with E-state index in [-0.39, 0.29) is 36.0 Å². The first-order valence-corrected chi connectivity index (χ1v) is 9.35. The Morgan fingerprint density at radius 3 is 2.39 bits per heavy atom. The molecule has 3 amide bonds. The molecule has 0 fully saturated rings. The minimum absolute atomic E-state index is 0.0468. The molecule has 2 aromatic carbocycles. The number of carbonyl (C=O) groups is 3. The summed E-state index contributed by atoms with van der Waals surface area (Å²) in [7, 11) is 0. The van der Waals surface area contributed by atoms with Gasteiger partial charge in [-0.15, -0.1) is 0 Å². The van der Waals surface area contributed by atoms with Crippen LogP contribution in [0.5, 0.6) is 0 Å². The van der Waals surface area contributed by atoms with Crippen molar-refractivity contribution in [3.8, 4) is 0 Å². The van der Waals surface area contributed by atoms with Gasteiger partial charge in [-0.1, -0.05) is 45.0 Å². The fourth-order valence-electron chi connectivity index (χ4n) is 3.07. The number of rotatable bonds is 4. The van der Waals surface area contributed by atoms with Gasteiger partial charge in [-0.05, 0) is 41.7 Å². The Hall–Kier alpha value is -3.15. The van der Waals surface area contributed by atoms with Crippen molar-refractivity contribution >= 4 is 29.1 Å². The number of amides is 3. The number of hydrogen-bond acceptors (Lipinski definition) is 3. The highest BCUT2D eigenvalue weighted by Crippen LogP contribution is 2.24. The van der Waals surface area contributed by atoms with E-state index >= 15 is 0 Å². The molecule has 0 saturated carbocycles. The number of nitrogens with one attached hydrogen (secondary N) is 3. The molecule has 1 aliphatic heterocycles. The molecule has 0 radical (unpaired) electrons. The van der Waals surface area contributed by atoms with Crippen LogP contribution in [-0.2, 0) is 15.0 Å². The molecule has 2 aromatic rings. The maximum Gasteiger partial charge on any atom is 0.254 e. The molecule has 6 nitrogen and oxygen atoms in total. The third-order valence-electron chi connectivity index (χ3n) is 4.75. The van der Waals surface area contributed by atoms with Crippen LogP contribution in [0.2, 0.25) is 0 Å². The molecule has 0 bridgehead atoms. The molecule has 0 aliphatic carbocycles. The number of carbonyl (C=O) groups excluding carboxylic acids is 3. The summed E-state index contributed by atoms with van der Waals surface area (Å²) in [6.07, 6.45) is 0.340. The van der Waals surface area contributed by atoms with Crippen LogP contribution in [0.4, 0.5) is 11.4 Å². The Morgan fingerprint density at radius 2 is 1.71 bits per heavy atom. The molecule has 1 heterocycles. The van der Waals surface area contributed by atoms with Crippen molar-refractivity contribution in [2.45, 2.75) is 45.1 Å². The second-order valence-corrected chi connectivity index (χ2v) is 7.98. The fraction of sp³-hybridized carbons (Fsp3) is 0.318. The van der Waals surface area contributed by atoms with E-state index in [1.165, 1.54) is 5.56 Å². The van der Waals surface area contributed by atoms with Gasteiger partial charge >= 0.3 is 0 Å². The summed E-state index contributed by atoms with van der Waals surface area (Å²) in [5, 5.41) is 8.28. The third kappa shape index (κ3) is 4.57. The molecule has 0 unspecified atom stereocenters. The average molecular weight is 379 g/mol. The Balaban J connectivity index is 1.57. The normalized spacial score (nSPS) is 16.5. The largest absolute Gasteiger partial charge is 0.340 e. The number of para-hydroxylation sites is 1. The van der Waals surface area contributed by atoms with E-state index in [2.05, 4.69) is 36.7 Å². The lowest BCUT2D eigenvalue weighted by atomic mass is 9.87. The minimum Gasteiger partial charge on any atom is -0.340 e. The zero-order valence-electron chi connectivity index (χ0n) is 16.3. The van der Waals surface area contributed by atoms with Gasteiger partial charge in [-0.2, -0.15) is 0 Å². The summed E-state index contributed by atoms with van der Waals surface area (Å²) < 4.78 is 0. The van der Waals surface area contributed by atoms with E-state index in [0.717, 1.165) is 0 Å². The molecule has 146 valence electrons. The van der Waals surface area contributed by atoms with Gasteiger partial charge < -0.3 is 16.0 Å². The van der Waals surface area contributed by atoms with Crippen molar-refractivity contribution in [2.75, 3.05) is 10.6 Å². The van der Waals surface area contributed by atoms with E-state index < -0.39 is 6.04 Å². The van der Waals surface area contributed by atoms with Crippen LogP contribution in [0.25, 0.3) is 0 Å². The smallest absolute Gasteiger partial charge is 0.254 e. The monoisotopic (exact) mass is 379 g/mol. The van der Waals surface area contributed by atoms with E-state index in [9.17, 15) is 14.4 Å². The fourth-order valence-corrected chi connectivity index (χ4v) is 3.07. The highest BCUT2D eigenvalue weighted by atomic mass is 16.2. The SMILES string of the molecule is CC(C)(C)c1ccc(NC(=O)CC[C@H]2NC(=O)c3ccccc3NC2=O)cc1. The highest BCUT2D eigenvalue weighted by molar-refractivity contribution is 6.09. The first kappa shape index (κ1) is 19.6. The van der Waals surface area contributed by atoms with Gasteiger partial charge in [0.05, 0.1) is 11.3 Å². The molecule has 3 rings (SSSR count). The van der Waals surface area contributed by atoms with Crippen LogP contribution in [0.3, 0.4) is 0 Å². The minimum atomic E-state index is -0.756. The number of hydrogen-bond donors (Lipinski definition) is 3. The molecule has 28 heavy (non-hydrogen) atoms. The maximum atomic E-state index is 12.4. The van der Waals surface area contributed by atoms with Crippen molar-refractivity contribution in [3.63, 3.8) is 0 Å². The van der Waals surface area contributed by atoms with Gasteiger partial charge in [-0.3, -0.25) is 14.4 Å². The quantitative estimate of drug-likeness (QED) is 0.760. The van der Waals surface area contributed by atoms with E-state index in [0.29, 0.717) is 16.9 Å². The molecule has 3 N–H and O–H groups in total. The predicted molar refractivity (Wildman–Crippen MR) is 109 cm³/mol. The van der Waals surface area contributed by atoms with Crippen LogP contribution in [0, 0.1) is 0 Å². The van der Waals surface area contributed by atoms with Gasteiger partial charge in [0.25, 0.3) is 5.91 Å². The van der Waals surface area contributed by atoms with Crippen LogP contribution >= 0.6 is 0 Å². The number of fused-ring (bicyclic) bond motifs is 1. The number of anilines is 2. The predicted octanol–water partition coefficient (Wildman–Crippen LogP) is 3.45. The average Bonchev–Trinajstić information content (AvgIpc) is 2.76. The lowest BCUT2D eigenvalue weighted by Crippen LogP contribution is -2.41. The van der Waals surface area contributed by atoms with Crippen LogP contribution in [0.1, 0.15) is 49.5 Å². The number of benzene rings is 2. The van der Waals surface area contributed by atoms with Gasteiger partial charge in [0.2, 0.25) is 11.8 Å². The Labute approximate surface area is 164 Å². The van der Waals surface area contributed by atoms with E-state index in [1.54, 1.807) is 24.3 Å². The zero-order valence-corrected chi connectivity index (χ0v) is 16.3. The van der Waals surface area contributed by atoms with Crippen LogP contribution < -0.4 is 16.0 Å². The van der Waals surface area contributed by atoms with Crippen molar-refractivity contribution in [1.82, 2.24) is 5.32 Å². The lowest BCUT2D eigenvalue weighted by Gasteiger charge is -2.19. The lowest BCUT2D eigenvalue weighted by molar-refractivity contribution is -0.118. The summed E-state index contributed by atoms with van der Waals surface area (Å²) in [6.45, 7) is 6.39. The molecule has 0 aromatic heterocycles. The highest BCUT2D eigenvalue weighted by Gasteiger charge is 2.27. The first-order chi connectivity index (χ1) is 13.2. The van der Waals surface area contributed by atoms with Crippen molar-refractivity contribution in [3.05, 3.63) is 59.7 Å². The summed E-state index contributed by atoms with van der Waals surface area (Å²) in [6, 6.07) is 13.8. The molecule has 6 heteroatoms. The molecule has 1 aliphatic rings. The van der Waals surface area contributed by atoms with Crippen molar-refractivity contribution in [2.24, 2.45) is 0 Å². The van der Waals surface area contributed by atoms with Gasteiger partial charge in [-0.25, -0.2) is 0 Å². The molecule has 0 spiro atoms. The first-order valence-electron chi connectivity index (χ1n) is 9.35. The standard InChI is InChI=1S/C22H25N3O3/c1-22(2,3)14-8-10-15(11-9-14)23-19(26)13-12-18-21(28)24-17-7-5-4-6-16(17)20(27)25-18/h4-11,18H,12-13H2,1-3H3,(H,23,26)(H,24,28)(H,25,27)/t18-/m1/s1. The second kappa shape index (κ2) is 7.84. The van der Waals surface area contributed by atoms with Crippen molar-refractivity contribution < 1.29 is 14.4 Å². The molecular weight excluding hydrogens is 354 g/mol. The molecular formula is C22H25N3O3. The summed E-state index contributed by atoms with van der Waals surface area (Å²) >= 11 is 0. The third-order valence-corrected chi connectivity index (χ3v) is 4.75. The zero-order chi connectivity index (χ0) is 20.3. The summed E-state index contributed by atoms with van der Waals surface area (Å²) in [5.41, 5.74) is 2.84. The Morgan fingerprint density at radius 1 is 1.04 bits per heavy atom. The summed E-state index contributed by atoms with van der Waals surface area (Å²) in [4.78, 5) is 36.9. The summed E-state index contributed by atoms with van der Waals surface area (Å²) in [5.74, 6) is -0.843. The van der Waals surface area contributed by atoms with Crippen LogP contribution in [0.15, 0.2) is 48.5 Å². The van der Waals surface area contributed by atoms with Crippen LogP contribution in [-0.4, -0.2) is 23.8 Å². The van der Waals surface area contributed by atoms with Gasteiger partial charge in [0, 0.05) is 12.1 Å². The Kier molecular flexibility index (Phi) is 5.49. The van der Waals surface area contributed by atoms with Crippen molar-refractivity contribution in [1.29, 1.82) is 0 Å². The molecule has 1 atom stereocenters. The maximum absolute atomic E-state index is 12.4. The van der Waals surface area contributed by atoms with E-state index in [4.69, 9.17) is 0 Å². The Bertz CT molecular complexity index is 898.